The van der Waals surface area contributed by atoms with Gasteiger partial charge in [0.25, 0.3) is 10.0 Å². The standard InChI is InChI=1S/C12H22N4O2S/c1-5-7-16(10(3)4)19(17,18)12-11(8-13-6-2)9-14-15-12/h5,9-10,13H,1,6-8H2,2-4H3,(H,14,15). The van der Waals surface area contributed by atoms with Crippen LogP contribution in [0, 0.1) is 0 Å². The van der Waals surface area contributed by atoms with Gasteiger partial charge < -0.3 is 5.32 Å². The van der Waals surface area contributed by atoms with E-state index in [2.05, 4.69) is 22.1 Å². The van der Waals surface area contributed by atoms with E-state index in [4.69, 9.17) is 0 Å². The van der Waals surface area contributed by atoms with Crippen LogP contribution in [0.3, 0.4) is 0 Å². The third-order valence-corrected chi connectivity index (χ3v) is 4.75. The maximum atomic E-state index is 12.6. The van der Waals surface area contributed by atoms with E-state index in [9.17, 15) is 8.42 Å². The molecule has 0 aliphatic rings. The number of H-pyrrole nitrogens is 1. The van der Waals surface area contributed by atoms with Crippen molar-refractivity contribution in [2.75, 3.05) is 13.1 Å². The minimum absolute atomic E-state index is 0.140. The van der Waals surface area contributed by atoms with Gasteiger partial charge in [0.15, 0.2) is 5.03 Å². The Hall–Kier alpha value is -1.18. The van der Waals surface area contributed by atoms with Crippen molar-refractivity contribution in [3.63, 3.8) is 0 Å². The van der Waals surface area contributed by atoms with Crippen molar-refractivity contribution in [1.82, 2.24) is 19.8 Å². The number of sulfonamides is 1. The zero-order valence-electron chi connectivity index (χ0n) is 11.7. The van der Waals surface area contributed by atoms with E-state index in [0.717, 1.165) is 6.54 Å². The SMILES string of the molecule is C=CCN(C(C)C)S(=O)(=O)c1[nH]ncc1CNCC. The summed E-state index contributed by atoms with van der Waals surface area (Å²) in [5.41, 5.74) is 0.650. The summed E-state index contributed by atoms with van der Waals surface area (Å²) in [6.45, 7) is 10.8. The lowest BCUT2D eigenvalue weighted by Gasteiger charge is -2.24. The number of hydrogen-bond acceptors (Lipinski definition) is 4. The third kappa shape index (κ3) is 3.65. The van der Waals surface area contributed by atoms with E-state index in [1.807, 2.05) is 20.8 Å². The molecule has 1 aromatic heterocycles. The second-order valence-electron chi connectivity index (χ2n) is 4.46. The van der Waals surface area contributed by atoms with Gasteiger partial charge in [-0.2, -0.15) is 9.40 Å². The molecular weight excluding hydrogens is 264 g/mol. The van der Waals surface area contributed by atoms with E-state index in [-0.39, 0.29) is 17.6 Å². The molecule has 0 aromatic carbocycles. The van der Waals surface area contributed by atoms with Crippen molar-refractivity contribution in [3.05, 3.63) is 24.4 Å². The molecule has 108 valence electrons. The summed E-state index contributed by atoms with van der Waals surface area (Å²) >= 11 is 0. The van der Waals surface area contributed by atoms with Crippen LogP contribution in [0.5, 0.6) is 0 Å². The summed E-state index contributed by atoms with van der Waals surface area (Å²) in [6, 6.07) is -0.140. The average Bonchev–Trinajstić information content (AvgIpc) is 2.81. The van der Waals surface area contributed by atoms with Crippen LogP contribution < -0.4 is 5.32 Å². The first-order valence-corrected chi connectivity index (χ1v) is 7.74. The van der Waals surface area contributed by atoms with Crippen molar-refractivity contribution in [2.45, 2.75) is 38.4 Å². The smallest absolute Gasteiger partial charge is 0.260 e. The summed E-state index contributed by atoms with van der Waals surface area (Å²) in [5.74, 6) is 0. The molecule has 0 amide bonds. The Balaban J connectivity index is 3.11. The molecule has 19 heavy (non-hydrogen) atoms. The van der Waals surface area contributed by atoms with E-state index in [0.29, 0.717) is 12.1 Å². The second-order valence-corrected chi connectivity index (χ2v) is 6.29. The monoisotopic (exact) mass is 286 g/mol. The highest BCUT2D eigenvalue weighted by molar-refractivity contribution is 7.89. The minimum Gasteiger partial charge on any atom is -0.313 e. The number of aromatic nitrogens is 2. The van der Waals surface area contributed by atoms with Gasteiger partial charge in [-0.15, -0.1) is 6.58 Å². The molecule has 0 radical (unpaired) electrons. The highest BCUT2D eigenvalue weighted by atomic mass is 32.2. The number of nitrogens with one attached hydrogen (secondary N) is 2. The quantitative estimate of drug-likeness (QED) is 0.702. The lowest BCUT2D eigenvalue weighted by atomic mass is 10.3. The lowest BCUT2D eigenvalue weighted by molar-refractivity contribution is 0.380. The molecule has 0 bridgehead atoms. The molecule has 1 rings (SSSR count). The van der Waals surface area contributed by atoms with Crippen molar-refractivity contribution >= 4 is 10.0 Å². The fourth-order valence-electron chi connectivity index (χ4n) is 1.74. The van der Waals surface area contributed by atoms with Gasteiger partial charge in [-0.1, -0.05) is 13.0 Å². The van der Waals surface area contributed by atoms with Crippen LogP contribution in [0.25, 0.3) is 0 Å². The van der Waals surface area contributed by atoms with E-state index >= 15 is 0 Å². The van der Waals surface area contributed by atoms with Crippen molar-refractivity contribution in [2.24, 2.45) is 0 Å². The molecule has 0 aliphatic carbocycles. The predicted molar refractivity (Wildman–Crippen MR) is 75.2 cm³/mol. The van der Waals surface area contributed by atoms with Crippen LogP contribution in [0.15, 0.2) is 23.9 Å². The molecule has 0 unspecified atom stereocenters. The predicted octanol–water partition coefficient (Wildman–Crippen LogP) is 1.10. The highest BCUT2D eigenvalue weighted by Crippen LogP contribution is 2.19. The van der Waals surface area contributed by atoms with Gasteiger partial charge >= 0.3 is 0 Å². The fourth-order valence-corrected chi connectivity index (χ4v) is 3.45. The maximum absolute atomic E-state index is 12.6. The Bertz CT molecular complexity index is 508. The van der Waals surface area contributed by atoms with Crippen LogP contribution >= 0.6 is 0 Å². The number of aromatic amines is 1. The van der Waals surface area contributed by atoms with Gasteiger partial charge in [-0.25, -0.2) is 8.42 Å². The number of hydrogen-bond donors (Lipinski definition) is 2. The molecule has 2 N–H and O–H groups in total. The first kappa shape index (κ1) is 15.9. The summed E-state index contributed by atoms with van der Waals surface area (Å²) < 4.78 is 26.6. The van der Waals surface area contributed by atoms with Crippen LogP contribution in [0.2, 0.25) is 0 Å². The Morgan fingerprint density at radius 1 is 1.58 bits per heavy atom. The van der Waals surface area contributed by atoms with Crippen LogP contribution in [-0.2, 0) is 16.6 Å². The van der Waals surface area contributed by atoms with E-state index in [1.165, 1.54) is 4.31 Å². The van der Waals surface area contributed by atoms with Crippen molar-refractivity contribution in [3.8, 4) is 0 Å². The lowest BCUT2D eigenvalue weighted by Crippen LogP contribution is -2.37. The number of rotatable bonds is 8. The zero-order valence-corrected chi connectivity index (χ0v) is 12.5. The summed E-state index contributed by atoms with van der Waals surface area (Å²) in [5, 5.41) is 9.70. The maximum Gasteiger partial charge on any atom is 0.260 e. The van der Waals surface area contributed by atoms with Gasteiger partial charge in [-0.3, -0.25) is 5.10 Å². The van der Waals surface area contributed by atoms with Crippen molar-refractivity contribution < 1.29 is 8.42 Å². The Labute approximate surface area is 114 Å². The van der Waals surface area contributed by atoms with Crippen LogP contribution in [-0.4, -0.2) is 42.1 Å². The fraction of sp³-hybridized carbons (Fsp3) is 0.583. The third-order valence-electron chi connectivity index (χ3n) is 2.70. The minimum atomic E-state index is -3.58. The molecule has 0 saturated heterocycles. The Morgan fingerprint density at radius 3 is 2.79 bits per heavy atom. The average molecular weight is 286 g/mol. The molecule has 0 aliphatic heterocycles. The first-order chi connectivity index (χ1) is 8.95. The second kappa shape index (κ2) is 6.83. The largest absolute Gasteiger partial charge is 0.313 e. The van der Waals surface area contributed by atoms with Gasteiger partial charge in [-0.05, 0) is 20.4 Å². The highest BCUT2D eigenvalue weighted by Gasteiger charge is 2.29. The summed E-state index contributed by atoms with van der Waals surface area (Å²) in [4.78, 5) is 0. The van der Waals surface area contributed by atoms with Gasteiger partial charge in [0.1, 0.15) is 0 Å². The van der Waals surface area contributed by atoms with Gasteiger partial charge in [0, 0.05) is 24.7 Å². The molecule has 1 aromatic rings. The molecule has 1 heterocycles. The summed E-state index contributed by atoms with van der Waals surface area (Å²) in [7, 11) is -3.58. The molecule has 0 saturated carbocycles. The zero-order chi connectivity index (χ0) is 14.5. The van der Waals surface area contributed by atoms with Crippen molar-refractivity contribution in [1.29, 1.82) is 0 Å². The molecular formula is C12H22N4O2S. The molecule has 0 fully saturated rings. The van der Waals surface area contributed by atoms with Gasteiger partial charge in [0.05, 0.1) is 6.20 Å². The molecule has 0 atom stereocenters. The normalized spacial score (nSPS) is 12.3. The first-order valence-electron chi connectivity index (χ1n) is 6.30. The molecule has 6 nitrogen and oxygen atoms in total. The summed E-state index contributed by atoms with van der Waals surface area (Å²) in [6.07, 6.45) is 3.12. The molecule has 7 heteroatoms. The Kier molecular flexibility index (Phi) is 5.71. The topological polar surface area (TPSA) is 78.1 Å². The van der Waals surface area contributed by atoms with Gasteiger partial charge in [0.2, 0.25) is 0 Å². The van der Waals surface area contributed by atoms with Crippen LogP contribution in [0.4, 0.5) is 0 Å². The van der Waals surface area contributed by atoms with E-state index < -0.39 is 10.0 Å². The number of nitrogens with zero attached hydrogens (tertiary/aromatic N) is 2. The Morgan fingerprint density at radius 2 is 2.26 bits per heavy atom. The molecule has 0 spiro atoms. The van der Waals surface area contributed by atoms with E-state index in [1.54, 1.807) is 12.3 Å². The van der Waals surface area contributed by atoms with Crippen LogP contribution in [0.1, 0.15) is 26.3 Å².